The molecule has 0 aromatic carbocycles. The van der Waals surface area contributed by atoms with Crippen LogP contribution in [0.25, 0.3) is 11.6 Å². The molecule has 0 saturated carbocycles. The number of aromatic amines is 1. The van der Waals surface area contributed by atoms with Gasteiger partial charge in [0.2, 0.25) is 0 Å². The van der Waals surface area contributed by atoms with Crippen molar-refractivity contribution in [3.05, 3.63) is 79.3 Å². The normalized spacial score (nSPS) is 30.1. The number of hydrogen-bond acceptors (Lipinski definition) is 7. The van der Waals surface area contributed by atoms with Crippen LogP contribution in [-0.2, 0) is 25.5 Å². The van der Waals surface area contributed by atoms with E-state index in [2.05, 4.69) is 72.5 Å². The maximum absolute atomic E-state index is 13.8. The standard InChI is InChI=1S/C42H50N4O4/c1-11-25-21(7)35-27-17-29(39(47)49-15-5)42(14-4)24(10)32(46-37(27)42)20-34-26(12-2)22(8)36(44-34)28-18-30(40(48)50-16-6)41(13-3)23(9)31(45-38(28)41)19-33(25)43-35/h17-20,23-24,31,44H,11-16H2,1-10H3/b33-19+,34-20?,36-28?. The number of esters is 2. The number of fused-ring (bicyclic) bond motifs is 5. The van der Waals surface area contributed by atoms with Gasteiger partial charge in [-0.05, 0) is 106 Å². The second-order valence-corrected chi connectivity index (χ2v) is 14.4. The predicted molar refractivity (Wildman–Crippen MR) is 199 cm³/mol. The number of aromatic nitrogens is 1. The number of aliphatic imine (C=N–C) groups is 3. The number of hydrogen-bond donors (Lipinski definition) is 1. The summed E-state index contributed by atoms with van der Waals surface area (Å²) in [6, 6.07) is -0.205. The lowest BCUT2D eigenvalue weighted by Crippen LogP contribution is -2.38. The predicted octanol–water partition coefficient (Wildman–Crippen LogP) is 6.50. The van der Waals surface area contributed by atoms with Crippen molar-refractivity contribution in [2.45, 2.75) is 101 Å². The summed E-state index contributed by atoms with van der Waals surface area (Å²) in [7, 11) is 0. The Kier molecular flexibility index (Phi) is 8.31. The van der Waals surface area contributed by atoms with Crippen LogP contribution < -0.4 is 10.7 Å². The molecule has 262 valence electrons. The number of ether oxygens (including phenoxy) is 2. The van der Waals surface area contributed by atoms with Crippen molar-refractivity contribution in [3.8, 4) is 0 Å². The molecular formula is C42H50N4O4. The lowest BCUT2D eigenvalue weighted by atomic mass is 9.67. The molecule has 2 aliphatic carbocycles. The second kappa shape index (κ2) is 12.2. The molecule has 5 heterocycles. The highest BCUT2D eigenvalue weighted by atomic mass is 16.5. The van der Waals surface area contributed by atoms with Crippen molar-refractivity contribution < 1.29 is 19.1 Å². The fourth-order valence-electron chi connectivity index (χ4n) is 9.91. The number of H-pyrrole nitrogens is 1. The van der Waals surface area contributed by atoms with Gasteiger partial charge in [-0.2, -0.15) is 0 Å². The van der Waals surface area contributed by atoms with Gasteiger partial charge in [-0.3, -0.25) is 9.98 Å². The Hall–Kier alpha value is -4.33. The quantitative estimate of drug-likeness (QED) is 0.318. The summed E-state index contributed by atoms with van der Waals surface area (Å²) >= 11 is 0. The van der Waals surface area contributed by atoms with Crippen LogP contribution in [0.5, 0.6) is 0 Å². The van der Waals surface area contributed by atoms with Gasteiger partial charge in [0.25, 0.3) is 0 Å². The maximum atomic E-state index is 13.8. The summed E-state index contributed by atoms with van der Waals surface area (Å²) in [5.74, 6) is -0.661. The monoisotopic (exact) mass is 674 g/mol. The number of allylic oxidation sites excluding steroid dienone is 6. The minimum Gasteiger partial charge on any atom is -0.463 e. The highest BCUT2D eigenvalue weighted by molar-refractivity contribution is 6.33. The summed E-state index contributed by atoms with van der Waals surface area (Å²) in [6.07, 6.45) is 11.5. The van der Waals surface area contributed by atoms with Crippen molar-refractivity contribution in [3.63, 3.8) is 0 Å². The second-order valence-electron chi connectivity index (χ2n) is 14.4. The number of rotatable bonds is 8. The van der Waals surface area contributed by atoms with Crippen molar-refractivity contribution in [2.75, 3.05) is 13.2 Å². The van der Waals surface area contributed by atoms with Crippen LogP contribution >= 0.6 is 0 Å². The molecule has 50 heavy (non-hydrogen) atoms. The van der Waals surface area contributed by atoms with E-state index in [1.54, 1.807) is 0 Å². The van der Waals surface area contributed by atoms with Crippen molar-refractivity contribution >= 4 is 40.7 Å². The third kappa shape index (κ3) is 4.32. The van der Waals surface area contributed by atoms with E-state index in [1.165, 1.54) is 5.56 Å². The zero-order valence-electron chi connectivity index (χ0n) is 31.3. The molecule has 0 saturated heterocycles. The van der Waals surface area contributed by atoms with Crippen LogP contribution in [0.1, 0.15) is 92.7 Å². The molecule has 1 N–H and O–H groups in total. The Bertz CT molecular complexity index is 2130. The van der Waals surface area contributed by atoms with Crippen LogP contribution in [0.4, 0.5) is 0 Å². The smallest absolute Gasteiger partial charge is 0.335 e. The first-order valence-corrected chi connectivity index (χ1v) is 18.6. The summed E-state index contributed by atoms with van der Waals surface area (Å²) < 4.78 is 11.4. The van der Waals surface area contributed by atoms with Gasteiger partial charge < -0.3 is 14.5 Å². The van der Waals surface area contributed by atoms with Crippen molar-refractivity contribution in [1.29, 1.82) is 0 Å². The van der Waals surface area contributed by atoms with Crippen LogP contribution in [0, 0.1) is 29.6 Å². The first-order valence-electron chi connectivity index (χ1n) is 18.6. The third-order valence-electron chi connectivity index (χ3n) is 12.6. The average molecular weight is 675 g/mol. The van der Waals surface area contributed by atoms with E-state index in [4.69, 9.17) is 24.5 Å². The van der Waals surface area contributed by atoms with Crippen LogP contribution in [0.2, 0.25) is 0 Å². The molecule has 8 bridgehead atoms. The number of nitrogens with one attached hydrogen (secondary N) is 1. The molecule has 8 heteroatoms. The topological polar surface area (TPSA) is 105 Å². The highest BCUT2D eigenvalue weighted by Gasteiger charge is 2.58. The van der Waals surface area contributed by atoms with Crippen LogP contribution in [0.3, 0.4) is 0 Å². The summed E-state index contributed by atoms with van der Waals surface area (Å²) in [5.41, 5.74) is 11.1. The molecule has 4 aliphatic heterocycles. The van der Waals surface area contributed by atoms with E-state index < -0.39 is 10.8 Å². The molecule has 7 rings (SSSR count). The van der Waals surface area contributed by atoms with E-state index in [-0.39, 0.29) is 29.8 Å². The first-order chi connectivity index (χ1) is 24.0. The van der Waals surface area contributed by atoms with Crippen LogP contribution in [-0.4, -0.2) is 53.3 Å². The molecule has 0 spiro atoms. The van der Waals surface area contributed by atoms with E-state index in [0.717, 1.165) is 86.3 Å². The van der Waals surface area contributed by atoms with Crippen LogP contribution in [0.15, 0.2) is 72.5 Å². The molecule has 5 atom stereocenters. The van der Waals surface area contributed by atoms with Crippen molar-refractivity contribution in [1.82, 2.24) is 4.98 Å². The summed E-state index contributed by atoms with van der Waals surface area (Å²) in [6.45, 7) is 21.7. The Balaban J connectivity index is 1.60. The van der Waals surface area contributed by atoms with Crippen molar-refractivity contribution in [2.24, 2.45) is 37.6 Å². The summed E-state index contributed by atoms with van der Waals surface area (Å²) in [5, 5.41) is 1.97. The summed E-state index contributed by atoms with van der Waals surface area (Å²) in [4.78, 5) is 47.6. The largest absolute Gasteiger partial charge is 0.463 e. The van der Waals surface area contributed by atoms with Gasteiger partial charge in [0.1, 0.15) is 0 Å². The zero-order valence-corrected chi connectivity index (χ0v) is 31.3. The number of carbonyl (C=O) groups excluding carboxylic acids is 2. The molecule has 6 aliphatic rings. The fraction of sp³-hybridized carbons (Fsp3) is 0.500. The van der Waals surface area contributed by atoms with Gasteiger partial charge in [0.15, 0.2) is 0 Å². The molecular weight excluding hydrogens is 624 g/mol. The highest BCUT2D eigenvalue weighted by Crippen LogP contribution is 2.58. The fourth-order valence-corrected chi connectivity index (χ4v) is 9.91. The SMILES string of the molecule is CCOC(=O)C1=CC2=C3N=C(C=c4[nH]c(c(C)c4CC)=C4C=C(C(=O)OCC)C5(CC)C4=NC(/C=C4/N=C2C(C)=C4CC)C5C)C(C)C13CC. The molecule has 0 radical (unpaired) electrons. The van der Waals surface area contributed by atoms with Gasteiger partial charge >= 0.3 is 11.9 Å². The molecule has 1 aromatic heterocycles. The molecule has 8 nitrogen and oxygen atoms in total. The molecule has 0 fully saturated rings. The average Bonchev–Trinajstić information content (AvgIpc) is 3.89. The molecule has 5 unspecified atom stereocenters. The van der Waals surface area contributed by atoms with Gasteiger partial charge in [-0.25, -0.2) is 14.6 Å². The Morgan fingerprint density at radius 1 is 0.840 bits per heavy atom. The number of nitrogens with zero attached hydrogens (tertiary/aromatic N) is 3. The van der Waals surface area contributed by atoms with E-state index in [0.29, 0.717) is 30.8 Å². The molecule has 0 amide bonds. The minimum absolute atomic E-state index is 0.0116. The minimum atomic E-state index is -0.628. The first kappa shape index (κ1) is 34.1. The van der Waals surface area contributed by atoms with Gasteiger partial charge in [0, 0.05) is 33.5 Å². The molecule has 1 aromatic rings. The van der Waals surface area contributed by atoms with Gasteiger partial charge in [0.05, 0.1) is 64.0 Å². The maximum Gasteiger partial charge on any atom is 0.335 e. The Morgan fingerprint density at radius 2 is 1.48 bits per heavy atom. The Morgan fingerprint density at radius 3 is 2.08 bits per heavy atom. The van der Waals surface area contributed by atoms with Gasteiger partial charge in [-0.1, -0.05) is 41.5 Å². The lowest BCUT2D eigenvalue weighted by Gasteiger charge is -2.33. The Labute approximate surface area is 295 Å². The van der Waals surface area contributed by atoms with E-state index in [1.807, 2.05) is 26.0 Å². The van der Waals surface area contributed by atoms with E-state index >= 15 is 0 Å². The van der Waals surface area contributed by atoms with E-state index in [9.17, 15) is 9.59 Å². The number of carbonyl (C=O) groups is 2. The third-order valence-corrected chi connectivity index (χ3v) is 12.6. The zero-order chi connectivity index (χ0) is 35.9. The lowest BCUT2D eigenvalue weighted by molar-refractivity contribution is -0.140. The van der Waals surface area contributed by atoms with Gasteiger partial charge in [-0.15, -0.1) is 0 Å².